The first-order chi connectivity index (χ1) is 13.8. The third kappa shape index (κ3) is 4.25. The highest BCUT2D eigenvalue weighted by atomic mass is 16.5. The lowest BCUT2D eigenvalue weighted by Gasteiger charge is -2.41. The van der Waals surface area contributed by atoms with Gasteiger partial charge in [0.15, 0.2) is 0 Å². The molecule has 3 rings (SSSR count). The molecule has 0 amide bonds. The van der Waals surface area contributed by atoms with Crippen LogP contribution in [0.3, 0.4) is 0 Å². The van der Waals surface area contributed by atoms with Crippen molar-refractivity contribution in [1.82, 2.24) is 5.32 Å². The predicted octanol–water partition coefficient (Wildman–Crippen LogP) is 4.10. The number of rotatable bonds is 7. The Labute approximate surface area is 172 Å². The molecule has 29 heavy (non-hydrogen) atoms. The SMILES string of the molecule is Cc1ccccc1C1(c2cccc(OC(C)C)c2)C=CN=CC1N[C@@H](C)C(=O)O. The smallest absolute Gasteiger partial charge is 0.320 e. The summed E-state index contributed by atoms with van der Waals surface area (Å²) in [5, 5.41) is 12.7. The topological polar surface area (TPSA) is 70.9 Å². The number of carboxylic acid groups (broad SMARTS) is 1. The summed E-state index contributed by atoms with van der Waals surface area (Å²) in [5.74, 6) is -0.116. The monoisotopic (exact) mass is 392 g/mol. The standard InChI is InChI=1S/C24H28N2O3/c1-16(2)29-20-10-7-9-19(14-20)24(21-11-6-5-8-17(21)3)12-13-25-15-22(24)26-18(4)23(27)28/h5-16,18,22,26H,1-4H3,(H,27,28)/t18-,22?,24?/m0/s1. The molecule has 0 saturated carbocycles. The molecule has 1 aliphatic rings. The zero-order valence-electron chi connectivity index (χ0n) is 17.3. The van der Waals surface area contributed by atoms with Gasteiger partial charge in [0.25, 0.3) is 0 Å². The van der Waals surface area contributed by atoms with Crippen LogP contribution in [-0.4, -0.2) is 35.5 Å². The summed E-state index contributed by atoms with van der Waals surface area (Å²) in [7, 11) is 0. The first-order valence-corrected chi connectivity index (χ1v) is 9.87. The van der Waals surface area contributed by atoms with E-state index >= 15 is 0 Å². The maximum Gasteiger partial charge on any atom is 0.320 e. The van der Waals surface area contributed by atoms with Gasteiger partial charge in [0.1, 0.15) is 11.8 Å². The molecule has 1 aliphatic heterocycles. The van der Waals surface area contributed by atoms with Crippen molar-refractivity contribution in [3.63, 3.8) is 0 Å². The molecule has 2 N–H and O–H groups in total. The van der Waals surface area contributed by atoms with Gasteiger partial charge in [-0.1, -0.05) is 36.4 Å². The molecule has 0 saturated heterocycles. The highest BCUT2D eigenvalue weighted by molar-refractivity contribution is 5.78. The molecular formula is C24H28N2O3. The minimum atomic E-state index is -0.900. The molecule has 2 unspecified atom stereocenters. The number of aryl methyl sites for hydroxylation is 1. The Kier molecular flexibility index (Phi) is 6.18. The van der Waals surface area contributed by atoms with Crippen LogP contribution in [0.2, 0.25) is 0 Å². The molecule has 2 aromatic rings. The molecule has 0 aliphatic carbocycles. The highest BCUT2D eigenvalue weighted by Crippen LogP contribution is 2.41. The Morgan fingerprint density at radius 1 is 1.17 bits per heavy atom. The second kappa shape index (κ2) is 8.62. The molecule has 0 fully saturated rings. The third-order valence-corrected chi connectivity index (χ3v) is 5.22. The number of carboxylic acids is 1. The number of hydrogen-bond acceptors (Lipinski definition) is 4. The van der Waals surface area contributed by atoms with Gasteiger partial charge in [0.2, 0.25) is 0 Å². The van der Waals surface area contributed by atoms with Crippen molar-refractivity contribution in [3.05, 3.63) is 77.5 Å². The fraction of sp³-hybridized carbons (Fsp3) is 0.333. The first kappa shape index (κ1) is 20.8. The van der Waals surface area contributed by atoms with E-state index < -0.39 is 17.4 Å². The molecule has 2 aromatic carbocycles. The molecule has 5 heteroatoms. The van der Waals surface area contributed by atoms with Crippen molar-refractivity contribution in [1.29, 1.82) is 0 Å². The van der Waals surface area contributed by atoms with Crippen LogP contribution in [0.5, 0.6) is 5.75 Å². The molecule has 152 valence electrons. The van der Waals surface area contributed by atoms with E-state index in [0.29, 0.717) is 0 Å². The Morgan fingerprint density at radius 3 is 2.62 bits per heavy atom. The number of nitrogens with one attached hydrogen (secondary N) is 1. The molecule has 0 bridgehead atoms. The minimum Gasteiger partial charge on any atom is -0.491 e. The van der Waals surface area contributed by atoms with E-state index in [1.54, 1.807) is 19.3 Å². The lowest BCUT2D eigenvalue weighted by molar-refractivity contribution is -0.139. The number of aliphatic imine (C=N–C) groups is 1. The van der Waals surface area contributed by atoms with Gasteiger partial charge < -0.3 is 9.84 Å². The predicted molar refractivity (Wildman–Crippen MR) is 116 cm³/mol. The molecule has 3 atom stereocenters. The summed E-state index contributed by atoms with van der Waals surface area (Å²) in [6.07, 6.45) is 5.69. The fourth-order valence-electron chi connectivity index (χ4n) is 3.86. The zero-order chi connectivity index (χ0) is 21.0. The van der Waals surface area contributed by atoms with Crippen LogP contribution < -0.4 is 10.1 Å². The van der Waals surface area contributed by atoms with Gasteiger partial charge in [-0.05, 0) is 62.6 Å². The van der Waals surface area contributed by atoms with Crippen LogP contribution in [0.4, 0.5) is 0 Å². The van der Waals surface area contributed by atoms with Crippen LogP contribution in [-0.2, 0) is 10.2 Å². The summed E-state index contributed by atoms with van der Waals surface area (Å²) >= 11 is 0. The molecular weight excluding hydrogens is 364 g/mol. The Hall–Kier alpha value is -2.92. The Morgan fingerprint density at radius 2 is 1.93 bits per heavy atom. The van der Waals surface area contributed by atoms with E-state index in [2.05, 4.69) is 41.5 Å². The van der Waals surface area contributed by atoms with E-state index in [0.717, 1.165) is 22.4 Å². The van der Waals surface area contributed by atoms with Gasteiger partial charge in [-0.2, -0.15) is 0 Å². The number of ether oxygens (including phenoxy) is 1. The van der Waals surface area contributed by atoms with Crippen molar-refractivity contribution >= 4 is 12.2 Å². The number of nitrogens with zero attached hydrogens (tertiary/aromatic N) is 1. The van der Waals surface area contributed by atoms with Gasteiger partial charge in [-0.15, -0.1) is 0 Å². The largest absolute Gasteiger partial charge is 0.491 e. The van der Waals surface area contributed by atoms with Crippen LogP contribution in [0.15, 0.2) is 65.8 Å². The summed E-state index contributed by atoms with van der Waals surface area (Å²) in [6.45, 7) is 7.71. The molecule has 5 nitrogen and oxygen atoms in total. The van der Waals surface area contributed by atoms with Crippen molar-refractivity contribution in [3.8, 4) is 5.75 Å². The lowest BCUT2D eigenvalue weighted by atomic mass is 9.67. The van der Waals surface area contributed by atoms with Gasteiger partial charge in [-0.3, -0.25) is 15.1 Å². The maximum absolute atomic E-state index is 11.6. The van der Waals surface area contributed by atoms with E-state index in [1.165, 1.54) is 0 Å². The number of benzene rings is 2. The third-order valence-electron chi connectivity index (χ3n) is 5.22. The van der Waals surface area contributed by atoms with Gasteiger partial charge in [-0.25, -0.2) is 0 Å². The summed E-state index contributed by atoms with van der Waals surface area (Å²) < 4.78 is 5.94. The quantitative estimate of drug-likeness (QED) is 0.744. The molecule has 0 radical (unpaired) electrons. The molecule has 1 heterocycles. The number of carbonyl (C=O) groups is 1. The van der Waals surface area contributed by atoms with Crippen molar-refractivity contribution in [2.24, 2.45) is 4.99 Å². The molecule has 0 aromatic heterocycles. The Balaban J connectivity index is 2.20. The maximum atomic E-state index is 11.6. The van der Waals surface area contributed by atoms with Crippen molar-refractivity contribution < 1.29 is 14.6 Å². The van der Waals surface area contributed by atoms with Gasteiger partial charge >= 0.3 is 5.97 Å². The van der Waals surface area contributed by atoms with E-state index in [1.807, 2.05) is 44.2 Å². The highest BCUT2D eigenvalue weighted by Gasteiger charge is 2.42. The van der Waals surface area contributed by atoms with Gasteiger partial charge in [0.05, 0.1) is 17.6 Å². The van der Waals surface area contributed by atoms with Gasteiger partial charge in [0, 0.05) is 12.4 Å². The normalized spacial score (nSPS) is 21.9. The van der Waals surface area contributed by atoms with Crippen LogP contribution in [0.25, 0.3) is 0 Å². The van der Waals surface area contributed by atoms with E-state index in [9.17, 15) is 9.90 Å². The van der Waals surface area contributed by atoms with Crippen LogP contribution in [0, 0.1) is 6.92 Å². The summed E-state index contributed by atoms with van der Waals surface area (Å²) in [5.41, 5.74) is 2.62. The van der Waals surface area contributed by atoms with Crippen LogP contribution in [0.1, 0.15) is 37.5 Å². The second-order valence-electron chi connectivity index (χ2n) is 7.70. The summed E-state index contributed by atoms with van der Waals surface area (Å²) in [4.78, 5) is 15.9. The van der Waals surface area contributed by atoms with Crippen LogP contribution >= 0.6 is 0 Å². The number of aliphatic carboxylic acids is 1. The first-order valence-electron chi connectivity index (χ1n) is 9.87. The van der Waals surface area contributed by atoms with Crippen molar-refractivity contribution in [2.75, 3.05) is 0 Å². The average molecular weight is 392 g/mol. The summed E-state index contributed by atoms with van der Waals surface area (Å²) in [6, 6.07) is 15.1. The van der Waals surface area contributed by atoms with Crippen molar-refractivity contribution in [2.45, 2.75) is 51.3 Å². The lowest BCUT2D eigenvalue weighted by Crippen LogP contribution is -2.55. The zero-order valence-corrected chi connectivity index (χ0v) is 17.3. The second-order valence-corrected chi connectivity index (χ2v) is 7.70. The fourth-order valence-corrected chi connectivity index (χ4v) is 3.86. The number of hydrogen-bond donors (Lipinski definition) is 2. The van der Waals surface area contributed by atoms with E-state index in [4.69, 9.17) is 4.74 Å². The minimum absolute atomic E-state index is 0.0593. The Bertz CT molecular complexity index is 935. The van der Waals surface area contributed by atoms with E-state index in [-0.39, 0.29) is 12.1 Å². The molecule has 0 spiro atoms. The average Bonchev–Trinajstić information content (AvgIpc) is 2.68.